The topological polar surface area (TPSA) is 88.6 Å². The molecule has 32 heavy (non-hydrogen) atoms. The van der Waals surface area contributed by atoms with Crippen LogP contribution >= 0.6 is 11.3 Å². The van der Waals surface area contributed by atoms with Gasteiger partial charge in [-0.15, -0.1) is 11.3 Å². The lowest BCUT2D eigenvalue weighted by molar-refractivity contribution is 0.301. The molecular weight excluding hydrogens is 420 g/mol. The molecule has 0 fully saturated rings. The molecule has 0 aliphatic rings. The average molecular weight is 443 g/mol. The SMILES string of the molecule is Cc1nc(NCCc2cccc(OCc3cc[nH]n3)c2)cc(-c2ccc3ncsc3c2)n1. The van der Waals surface area contributed by atoms with Gasteiger partial charge in [0.15, 0.2) is 0 Å². The molecule has 0 atom stereocenters. The lowest BCUT2D eigenvalue weighted by Gasteiger charge is -2.10. The van der Waals surface area contributed by atoms with Gasteiger partial charge in [0.2, 0.25) is 0 Å². The predicted octanol–water partition coefficient (Wildman–Crippen LogP) is 5.02. The Hall–Kier alpha value is -3.78. The summed E-state index contributed by atoms with van der Waals surface area (Å²) in [5.41, 5.74) is 6.92. The number of rotatable bonds is 8. The van der Waals surface area contributed by atoms with E-state index in [1.54, 1.807) is 17.5 Å². The van der Waals surface area contributed by atoms with Crippen LogP contribution in [0.25, 0.3) is 21.5 Å². The van der Waals surface area contributed by atoms with Crippen molar-refractivity contribution in [1.29, 1.82) is 0 Å². The first-order valence-electron chi connectivity index (χ1n) is 10.4. The highest BCUT2D eigenvalue weighted by Crippen LogP contribution is 2.26. The number of anilines is 1. The highest BCUT2D eigenvalue weighted by Gasteiger charge is 2.07. The number of H-pyrrole nitrogens is 1. The third-order valence-corrected chi connectivity index (χ3v) is 5.82. The summed E-state index contributed by atoms with van der Waals surface area (Å²) in [5.74, 6) is 2.40. The zero-order chi connectivity index (χ0) is 21.8. The number of ether oxygens (including phenoxy) is 1. The third-order valence-electron chi connectivity index (χ3n) is 5.03. The fourth-order valence-corrected chi connectivity index (χ4v) is 4.19. The van der Waals surface area contributed by atoms with Gasteiger partial charge in [-0.2, -0.15) is 5.10 Å². The van der Waals surface area contributed by atoms with E-state index in [1.165, 1.54) is 5.56 Å². The Morgan fingerprint density at radius 1 is 1.06 bits per heavy atom. The van der Waals surface area contributed by atoms with E-state index in [4.69, 9.17) is 4.74 Å². The predicted molar refractivity (Wildman–Crippen MR) is 127 cm³/mol. The van der Waals surface area contributed by atoms with E-state index in [-0.39, 0.29) is 0 Å². The van der Waals surface area contributed by atoms with Crippen LogP contribution in [0.1, 0.15) is 17.1 Å². The van der Waals surface area contributed by atoms with Gasteiger partial charge >= 0.3 is 0 Å². The van der Waals surface area contributed by atoms with E-state index in [0.29, 0.717) is 6.61 Å². The molecule has 160 valence electrons. The lowest BCUT2D eigenvalue weighted by atomic mass is 10.1. The fraction of sp³-hybridized carbons (Fsp3) is 0.167. The maximum absolute atomic E-state index is 5.83. The molecule has 8 heteroatoms. The number of nitrogens with zero attached hydrogens (tertiary/aromatic N) is 4. The van der Waals surface area contributed by atoms with Crippen molar-refractivity contribution in [3.05, 3.63) is 83.4 Å². The number of aromatic nitrogens is 5. The minimum Gasteiger partial charge on any atom is -0.487 e. The van der Waals surface area contributed by atoms with Crippen LogP contribution in [0.15, 0.2) is 66.3 Å². The summed E-state index contributed by atoms with van der Waals surface area (Å²) in [6, 6.07) is 18.3. The largest absolute Gasteiger partial charge is 0.487 e. The number of hydrogen-bond acceptors (Lipinski definition) is 7. The van der Waals surface area contributed by atoms with Crippen molar-refractivity contribution < 1.29 is 4.74 Å². The van der Waals surface area contributed by atoms with Crippen LogP contribution in [0.3, 0.4) is 0 Å². The quantitative estimate of drug-likeness (QED) is 0.351. The first-order chi connectivity index (χ1) is 15.7. The first kappa shape index (κ1) is 20.1. The highest BCUT2D eigenvalue weighted by molar-refractivity contribution is 7.16. The highest BCUT2D eigenvalue weighted by atomic mass is 32.1. The fourth-order valence-electron chi connectivity index (χ4n) is 3.47. The van der Waals surface area contributed by atoms with Crippen LogP contribution in [0.2, 0.25) is 0 Å². The molecule has 2 N–H and O–H groups in total. The molecule has 0 radical (unpaired) electrons. The van der Waals surface area contributed by atoms with E-state index in [1.807, 2.05) is 42.8 Å². The zero-order valence-electron chi connectivity index (χ0n) is 17.6. The van der Waals surface area contributed by atoms with Gasteiger partial charge in [0.05, 0.1) is 27.1 Å². The average Bonchev–Trinajstić information content (AvgIpc) is 3.49. The lowest BCUT2D eigenvalue weighted by Crippen LogP contribution is -2.08. The van der Waals surface area contributed by atoms with Gasteiger partial charge in [0.25, 0.3) is 0 Å². The van der Waals surface area contributed by atoms with Crippen LogP contribution < -0.4 is 10.1 Å². The van der Waals surface area contributed by atoms with Crippen LogP contribution in [0.5, 0.6) is 5.75 Å². The number of hydrogen-bond donors (Lipinski definition) is 2. The van der Waals surface area contributed by atoms with Crippen molar-refractivity contribution >= 4 is 27.4 Å². The minimum atomic E-state index is 0.446. The summed E-state index contributed by atoms with van der Waals surface area (Å²) in [6.07, 6.45) is 2.64. The molecule has 0 aliphatic carbocycles. The van der Waals surface area contributed by atoms with Gasteiger partial charge in [-0.25, -0.2) is 15.0 Å². The summed E-state index contributed by atoms with van der Waals surface area (Å²) in [7, 11) is 0. The van der Waals surface area contributed by atoms with Crippen molar-refractivity contribution in [2.45, 2.75) is 20.0 Å². The molecule has 5 aromatic rings. The monoisotopic (exact) mass is 442 g/mol. The molecule has 0 saturated heterocycles. The summed E-state index contributed by atoms with van der Waals surface area (Å²) in [6.45, 7) is 3.12. The van der Waals surface area contributed by atoms with Crippen LogP contribution in [0.4, 0.5) is 5.82 Å². The Bertz CT molecular complexity index is 1330. The second kappa shape index (κ2) is 9.15. The first-order valence-corrected chi connectivity index (χ1v) is 11.2. The summed E-state index contributed by atoms with van der Waals surface area (Å²) in [4.78, 5) is 13.5. The molecular formula is C24H22N6OS. The summed E-state index contributed by atoms with van der Waals surface area (Å²) >= 11 is 1.63. The van der Waals surface area contributed by atoms with Crippen molar-refractivity contribution in [3.63, 3.8) is 0 Å². The second-order valence-corrected chi connectivity index (χ2v) is 8.29. The van der Waals surface area contributed by atoms with Gasteiger partial charge in [-0.1, -0.05) is 18.2 Å². The van der Waals surface area contributed by atoms with Gasteiger partial charge in [0, 0.05) is 24.4 Å². The minimum absolute atomic E-state index is 0.446. The van der Waals surface area contributed by atoms with Gasteiger partial charge < -0.3 is 10.1 Å². The van der Waals surface area contributed by atoms with Crippen molar-refractivity contribution in [1.82, 2.24) is 25.1 Å². The molecule has 3 heterocycles. The Morgan fingerprint density at radius 3 is 2.94 bits per heavy atom. The van der Waals surface area contributed by atoms with Gasteiger partial charge in [-0.3, -0.25) is 5.10 Å². The zero-order valence-corrected chi connectivity index (χ0v) is 18.4. The standard InChI is InChI=1S/C24H22N6OS/c1-16-28-22(18-5-6-21-23(12-18)32-15-26-21)13-24(29-16)25-9-7-17-3-2-4-20(11-17)31-14-19-8-10-27-30-19/h2-6,8,10-13,15H,7,9,14H2,1H3,(H,27,30)(H,25,28,29). The second-order valence-electron chi connectivity index (χ2n) is 7.40. The Balaban J connectivity index is 1.23. The van der Waals surface area contributed by atoms with E-state index >= 15 is 0 Å². The maximum Gasteiger partial charge on any atom is 0.132 e. The van der Waals surface area contributed by atoms with Crippen molar-refractivity contribution in [3.8, 4) is 17.0 Å². The number of fused-ring (bicyclic) bond motifs is 1. The van der Waals surface area contributed by atoms with E-state index in [2.05, 4.69) is 54.7 Å². The summed E-state index contributed by atoms with van der Waals surface area (Å²) < 4.78 is 6.99. The number of nitrogens with one attached hydrogen (secondary N) is 2. The number of aryl methyl sites for hydroxylation is 1. The Kier molecular flexibility index (Phi) is 5.76. The van der Waals surface area contributed by atoms with Gasteiger partial charge in [-0.05, 0) is 49.2 Å². The molecule has 0 saturated carbocycles. The normalized spacial score (nSPS) is 11.0. The molecule has 0 amide bonds. The Labute approximate surface area is 189 Å². The molecule has 0 aliphatic heterocycles. The van der Waals surface area contributed by atoms with Crippen molar-refractivity contribution in [2.75, 3.05) is 11.9 Å². The van der Waals surface area contributed by atoms with E-state index in [0.717, 1.165) is 57.5 Å². The molecule has 2 aromatic carbocycles. The van der Waals surface area contributed by atoms with E-state index < -0.39 is 0 Å². The van der Waals surface area contributed by atoms with Crippen LogP contribution in [-0.2, 0) is 13.0 Å². The smallest absolute Gasteiger partial charge is 0.132 e. The molecule has 3 aromatic heterocycles. The Morgan fingerprint density at radius 2 is 2.03 bits per heavy atom. The molecule has 0 spiro atoms. The molecule has 0 unspecified atom stereocenters. The van der Waals surface area contributed by atoms with Crippen molar-refractivity contribution in [2.24, 2.45) is 0 Å². The van der Waals surface area contributed by atoms with E-state index in [9.17, 15) is 0 Å². The summed E-state index contributed by atoms with van der Waals surface area (Å²) in [5, 5.41) is 10.3. The number of benzene rings is 2. The number of aromatic amines is 1. The third kappa shape index (κ3) is 4.76. The molecule has 5 rings (SSSR count). The molecule has 7 nitrogen and oxygen atoms in total. The molecule has 0 bridgehead atoms. The number of thiazole rings is 1. The van der Waals surface area contributed by atoms with Crippen LogP contribution in [0, 0.1) is 6.92 Å². The maximum atomic E-state index is 5.83. The van der Waals surface area contributed by atoms with Crippen LogP contribution in [-0.4, -0.2) is 31.7 Å². The van der Waals surface area contributed by atoms with Gasteiger partial charge in [0.1, 0.15) is 24.0 Å².